The van der Waals surface area contributed by atoms with Crippen LogP contribution in [0.2, 0.25) is 0 Å². The predicted molar refractivity (Wildman–Crippen MR) is 125 cm³/mol. The van der Waals surface area contributed by atoms with E-state index >= 15 is 0 Å². The van der Waals surface area contributed by atoms with Crippen LogP contribution in [0.25, 0.3) is 0 Å². The molecular weight excluding hydrogens is 388 g/mol. The molecule has 5 heteroatoms. The van der Waals surface area contributed by atoms with Crippen molar-refractivity contribution in [3.8, 4) is 5.75 Å². The Morgan fingerprint density at radius 2 is 1.71 bits per heavy atom. The highest BCUT2D eigenvalue weighted by Gasteiger charge is 2.29. The zero-order valence-electron chi connectivity index (χ0n) is 19.5. The zero-order chi connectivity index (χ0) is 22.8. The number of nitrogens with zero attached hydrogens (tertiary/aromatic N) is 1. The molecule has 5 nitrogen and oxygen atoms in total. The van der Waals surface area contributed by atoms with E-state index in [0.717, 1.165) is 23.1 Å². The van der Waals surface area contributed by atoms with Crippen molar-refractivity contribution in [3.05, 3.63) is 65.2 Å². The van der Waals surface area contributed by atoms with E-state index < -0.39 is 6.04 Å². The molecular formula is C26H36N2O3. The second-order valence-corrected chi connectivity index (χ2v) is 8.05. The highest BCUT2D eigenvalue weighted by Crippen LogP contribution is 2.21. The molecule has 0 aliphatic heterocycles. The topological polar surface area (TPSA) is 58.6 Å². The Kier molecular flexibility index (Phi) is 9.57. The third-order valence-corrected chi connectivity index (χ3v) is 5.78. The lowest BCUT2D eigenvalue weighted by Crippen LogP contribution is -2.52. The van der Waals surface area contributed by atoms with Crippen molar-refractivity contribution in [3.63, 3.8) is 0 Å². The molecule has 2 rings (SSSR count). The minimum Gasteiger partial charge on any atom is -0.483 e. The lowest BCUT2D eigenvalue weighted by molar-refractivity contribution is -0.142. The van der Waals surface area contributed by atoms with Gasteiger partial charge >= 0.3 is 0 Å². The van der Waals surface area contributed by atoms with Crippen LogP contribution < -0.4 is 10.1 Å². The summed E-state index contributed by atoms with van der Waals surface area (Å²) in [6.07, 6.45) is 2.07. The maximum atomic E-state index is 13.2. The van der Waals surface area contributed by atoms with Gasteiger partial charge in [0.15, 0.2) is 6.61 Å². The number of ether oxygens (including phenoxy) is 1. The summed E-state index contributed by atoms with van der Waals surface area (Å²) in [7, 11) is 0. The molecule has 0 heterocycles. The number of aryl methyl sites for hydroxylation is 1. The van der Waals surface area contributed by atoms with Crippen LogP contribution in [0, 0.1) is 13.8 Å². The highest BCUT2D eigenvalue weighted by atomic mass is 16.5. The van der Waals surface area contributed by atoms with E-state index in [1.807, 2.05) is 83.1 Å². The molecule has 0 saturated heterocycles. The van der Waals surface area contributed by atoms with Crippen LogP contribution >= 0.6 is 0 Å². The van der Waals surface area contributed by atoms with Gasteiger partial charge in [-0.15, -0.1) is 0 Å². The fraction of sp³-hybridized carbons (Fsp3) is 0.462. The van der Waals surface area contributed by atoms with Gasteiger partial charge in [0.2, 0.25) is 5.91 Å². The Morgan fingerprint density at radius 1 is 1.00 bits per heavy atom. The molecule has 0 unspecified atom stereocenters. The van der Waals surface area contributed by atoms with Gasteiger partial charge in [-0.05, 0) is 62.8 Å². The first-order chi connectivity index (χ1) is 14.9. The Morgan fingerprint density at radius 3 is 2.35 bits per heavy atom. The summed E-state index contributed by atoms with van der Waals surface area (Å²) in [4.78, 5) is 27.8. The third kappa shape index (κ3) is 7.12. The van der Waals surface area contributed by atoms with Crippen molar-refractivity contribution in [2.24, 2.45) is 0 Å². The summed E-state index contributed by atoms with van der Waals surface area (Å²) in [5, 5.41) is 3.03. The molecule has 2 aromatic carbocycles. The predicted octanol–water partition coefficient (Wildman–Crippen LogP) is 4.45. The van der Waals surface area contributed by atoms with Gasteiger partial charge in [-0.3, -0.25) is 9.59 Å². The van der Waals surface area contributed by atoms with Gasteiger partial charge in [-0.1, -0.05) is 56.3 Å². The van der Waals surface area contributed by atoms with E-state index in [9.17, 15) is 9.59 Å². The summed E-state index contributed by atoms with van der Waals surface area (Å²) >= 11 is 0. The Hall–Kier alpha value is -2.82. The number of carbonyl (C=O) groups is 2. The molecule has 2 amide bonds. The molecule has 0 saturated carbocycles. The maximum Gasteiger partial charge on any atom is 0.261 e. The second kappa shape index (κ2) is 12.1. The number of rotatable bonds is 11. The number of benzene rings is 2. The van der Waals surface area contributed by atoms with Crippen LogP contribution in [0.4, 0.5) is 0 Å². The summed E-state index contributed by atoms with van der Waals surface area (Å²) in [5.41, 5.74) is 3.27. The first-order valence-electron chi connectivity index (χ1n) is 11.2. The first-order valence-corrected chi connectivity index (χ1v) is 11.2. The van der Waals surface area contributed by atoms with E-state index in [2.05, 4.69) is 5.32 Å². The summed E-state index contributed by atoms with van der Waals surface area (Å²) in [6.45, 7) is 10.3. The third-order valence-electron chi connectivity index (χ3n) is 5.78. The molecule has 0 radical (unpaired) electrons. The largest absolute Gasteiger partial charge is 0.483 e. The molecule has 0 aliphatic carbocycles. The van der Waals surface area contributed by atoms with Crippen LogP contribution in [0.15, 0.2) is 48.5 Å². The van der Waals surface area contributed by atoms with Crippen molar-refractivity contribution in [1.29, 1.82) is 0 Å². The summed E-state index contributed by atoms with van der Waals surface area (Å²) in [5.74, 6) is 0.418. The van der Waals surface area contributed by atoms with Crippen molar-refractivity contribution >= 4 is 11.8 Å². The second-order valence-electron chi connectivity index (χ2n) is 8.05. The molecule has 2 aromatic rings. The van der Waals surface area contributed by atoms with Crippen LogP contribution in [0.3, 0.4) is 0 Å². The van der Waals surface area contributed by atoms with Crippen LogP contribution in [0.5, 0.6) is 5.75 Å². The molecule has 0 spiro atoms. The zero-order valence-corrected chi connectivity index (χ0v) is 19.5. The van der Waals surface area contributed by atoms with Gasteiger partial charge in [0.05, 0.1) is 0 Å². The molecule has 168 valence electrons. The Labute approximate surface area is 186 Å². The van der Waals surface area contributed by atoms with E-state index in [0.29, 0.717) is 25.1 Å². The highest BCUT2D eigenvalue weighted by molar-refractivity contribution is 5.88. The van der Waals surface area contributed by atoms with Crippen LogP contribution in [-0.4, -0.2) is 41.9 Å². The summed E-state index contributed by atoms with van der Waals surface area (Å²) < 4.78 is 5.87. The van der Waals surface area contributed by atoms with Gasteiger partial charge in [0, 0.05) is 12.6 Å². The Balaban J connectivity index is 2.16. The molecule has 0 aromatic heterocycles. The average molecular weight is 425 g/mol. The summed E-state index contributed by atoms with van der Waals surface area (Å²) in [6, 6.07) is 15.4. The normalized spacial score (nSPS) is 12.7. The van der Waals surface area contributed by atoms with Crippen molar-refractivity contribution in [2.45, 2.75) is 66.0 Å². The van der Waals surface area contributed by atoms with Gasteiger partial charge in [0.25, 0.3) is 5.91 Å². The van der Waals surface area contributed by atoms with Gasteiger partial charge in [0.1, 0.15) is 11.8 Å². The molecule has 2 atom stereocenters. The fourth-order valence-electron chi connectivity index (χ4n) is 3.44. The van der Waals surface area contributed by atoms with Gasteiger partial charge in [-0.25, -0.2) is 0 Å². The number of hydrogen-bond donors (Lipinski definition) is 1. The number of nitrogens with one attached hydrogen (secondary N) is 1. The molecule has 0 bridgehead atoms. The molecule has 0 fully saturated rings. The number of carbonyl (C=O) groups excluding carboxylic acids is 2. The lowest BCUT2D eigenvalue weighted by atomic mass is 10.1. The number of amides is 2. The van der Waals surface area contributed by atoms with Crippen LogP contribution in [0.1, 0.15) is 50.3 Å². The van der Waals surface area contributed by atoms with E-state index in [1.165, 1.54) is 0 Å². The lowest BCUT2D eigenvalue weighted by Gasteiger charge is -2.31. The Bertz CT molecular complexity index is 851. The monoisotopic (exact) mass is 424 g/mol. The van der Waals surface area contributed by atoms with Gasteiger partial charge in [-0.2, -0.15) is 0 Å². The molecule has 0 aliphatic rings. The SMILES string of the molecule is CC[C@H](C(=O)N[C@@H](C)CC)N(CCc1ccccc1)C(=O)COc1cccc(C)c1C. The first kappa shape index (κ1) is 24.4. The average Bonchev–Trinajstić information content (AvgIpc) is 2.77. The van der Waals surface area contributed by atoms with Crippen molar-refractivity contribution < 1.29 is 14.3 Å². The van der Waals surface area contributed by atoms with Crippen LogP contribution in [-0.2, 0) is 16.0 Å². The molecule has 1 N–H and O–H groups in total. The minimum atomic E-state index is -0.521. The van der Waals surface area contributed by atoms with Crippen molar-refractivity contribution in [2.75, 3.05) is 13.2 Å². The fourth-order valence-corrected chi connectivity index (χ4v) is 3.44. The van der Waals surface area contributed by atoms with Crippen molar-refractivity contribution in [1.82, 2.24) is 10.2 Å². The smallest absolute Gasteiger partial charge is 0.261 e. The van der Waals surface area contributed by atoms with Gasteiger partial charge < -0.3 is 15.0 Å². The minimum absolute atomic E-state index is 0.0684. The maximum absolute atomic E-state index is 13.2. The van der Waals surface area contributed by atoms with E-state index in [-0.39, 0.29) is 24.5 Å². The van der Waals surface area contributed by atoms with E-state index in [4.69, 9.17) is 4.74 Å². The number of hydrogen-bond acceptors (Lipinski definition) is 3. The quantitative estimate of drug-likeness (QED) is 0.580. The van der Waals surface area contributed by atoms with E-state index in [1.54, 1.807) is 4.90 Å². The standard InChI is InChI=1S/C26H36N2O3/c1-6-20(4)27-26(30)23(7-2)28(17-16-22-13-9-8-10-14-22)25(29)18-31-24-15-11-12-19(3)21(24)5/h8-15,20,23H,6-7,16-18H2,1-5H3,(H,27,30)/t20-,23+/m0/s1. The molecule has 31 heavy (non-hydrogen) atoms.